The van der Waals surface area contributed by atoms with Crippen LogP contribution in [0.5, 0.6) is 5.75 Å². The molecule has 0 saturated carbocycles. The predicted molar refractivity (Wildman–Crippen MR) is 113 cm³/mol. The summed E-state index contributed by atoms with van der Waals surface area (Å²) in [4.78, 5) is 35.7. The first kappa shape index (κ1) is 20.1. The van der Waals surface area contributed by atoms with E-state index >= 15 is 0 Å². The number of anilines is 2. The first-order valence-corrected chi connectivity index (χ1v) is 9.46. The van der Waals surface area contributed by atoms with Crippen LogP contribution >= 0.6 is 0 Å². The van der Waals surface area contributed by atoms with Crippen molar-refractivity contribution in [3.05, 3.63) is 64.3 Å². The van der Waals surface area contributed by atoms with E-state index in [0.29, 0.717) is 17.3 Å². The van der Waals surface area contributed by atoms with Crippen LogP contribution in [-0.2, 0) is 9.59 Å². The minimum absolute atomic E-state index is 0.0739. The van der Waals surface area contributed by atoms with Crippen molar-refractivity contribution in [3.8, 4) is 16.9 Å². The van der Waals surface area contributed by atoms with Crippen molar-refractivity contribution in [2.24, 2.45) is 0 Å². The highest BCUT2D eigenvalue weighted by atomic mass is 16.6. The second kappa shape index (κ2) is 7.90. The van der Waals surface area contributed by atoms with Gasteiger partial charge in [0.2, 0.25) is 5.91 Å². The van der Waals surface area contributed by atoms with Gasteiger partial charge in [0.15, 0.2) is 0 Å². The number of nitrogens with zero attached hydrogens (tertiary/aromatic N) is 3. The van der Waals surface area contributed by atoms with Crippen LogP contribution in [0.15, 0.2) is 48.5 Å². The Morgan fingerprint density at radius 3 is 2.81 bits per heavy atom. The van der Waals surface area contributed by atoms with Gasteiger partial charge in [0.25, 0.3) is 11.6 Å². The summed E-state index contributed by atoms with van der Waals surface area (Å²) >= 11 is 0. The molecule has 0 aliphatic carbocycles. The molecule has 2 amide bonds. The third-order valence-corrected chi connectivity index (χ3v) is 5.04. The molecule has 2 heterocycles. The first-order valence-electron chi connectivity index (χ1n) is 9.46. The molecule has 0 bridgehead atoms. The van der Waals surface area contributed by atoms with E-state index in [4.69, 9.17) is 4.74 Å². The lowest BCUT2D eigenvalue weighted by atomic mass is 10.1. The third-order valence-electron chi connectivity index (χ3n) is 5.04. The molecule has 10 heteroatoms. The number of amides is 2. The first-order chi connectivity index (χ1) is 14.9. The molecule has 1 aromatic heterocycles. The third kappa shape index (κ3) is 3.70. The van der Waals surface area contributed by atoms with Gasteiger partial charge < -0.3 is 15.4 Å². The van der Waals surface area contributed by atoms with Crippen LogP contribution in [0, 0.1) is 17.0 Å². The number of methoxy groups -OCH3 is 1. The van der Waals surface area contributed by atoms with Crippen molar-refractivity contribution in [2.75, 3.05) is 17.7 Å². The summed E-state index contributed by atoms with van der Waals surface area (Å²) in [6, 6.07) is 12.3. The van der Waals surface area contributed by atoms with Crippen LogP contribution in [0.25, 0.3) is 11.1 Å². The summed E-state index contributed by atoms with van der Waals surface area (Å²) in [5.74, 6) is 0.267. The predicted octanol–water partition coefficient (Wildman–Crippen LogP) is 3.30. The molecule has 158 valence electrons. The summed E-state index contributed by atoms with van der Waals surface area (Å²) in [5.41, 5.74) is 2.11. The molecular weight excluding hydrogens is 402 g/mol. The maximum absolute atomic E-state index is 12.6. The van der Waals surface area contributed by atoms with Gasteiger partial charge in [0, 0.05) is 11.6 Å². The Balaban J connectivity index is 1.60. The van der Waals surface area contributed by atoms with Gasteiger partial charge >= 0.3 is 0 Å². The summed E-state index contributed by atoms with van der Waals surface area (Å²) in [6.45, 7) is 1.82. The van der Waals surface area contributed by atoms with E-state index in [2.05, 4.69) is 15.7 Å². The fourth-order valence-electron chi connectivity index (χ4n) is 3.62. The highest BCUT2D eigenvalue weighted by Crippen LogP contribution is 2.39. The van der Waals surface area contributed by atoms with Gasteiger partial charge in [-0.1, -0.05) is 24.3 Å². The number of rotatable bonds is 6. The van der Waals surface area contributed by atoms with E-state index in [1.807, 2.05) is 31.2 Å². The monoisotopic (exact) mass is 421 g/mol. The Morgan fingerprint density at radius 1 is 1.29 bits per heavy atom. The molecule has 1 aliphatic rings. The quantitative estimate of drug-likeness (QED) is 0.464. The van der Waals surface area contributed by atoms with Crippen molar-refractivity contribution in [1.29, 1.82) is 0 Å². The lowest BCUT2D eigenvalue weighted by Gasteiger charge is -2.10. The second-order valence-electron chi connectivity index (χ2n) is 7.02. The van der Waals surface area contributed by atoms with Crippen molar-refractivity contribution >= 4 is 29.0 Å². The van der Waals surface area contributed by atoms with E-state index in [1.165, 1.54) is 22.9 Å². The lowest BCUT2D eigenvalue weighted by molar-refractivity contribution is -0.383. The van der Waals surface area contributed by atoms with Crippen LogP contribution in [-0.4, -0.2) is 33.6 Å². The van der Waals surface area contributed by atoms with Gasteiger partial charge in [-0.25, -0.2) is 4.68 Å². The average Bonchev–Trinajstić information content (AvgIpc) is 3.21. The number of hydrogen-bond acceptors (Lipinski definition) is 6. The Morgan fingerprint density at radius 2 is 2.06 bits per heavy atom. The number of nitro groups is 1. The molecule has 0 spiro atoms. The van der Waals surface area contributed by atoms with Crippen LogP contribution in [0.3, 0.4) is 0 Å². The standard InChI is InChI=1S/C21H19N5O5/c1-12-19(13-6-5-7-14(10-13)31-2)20-23-21(28)17(25(20)24-12)11-18(27)22-15-8-3-4-9-16(15)26(29)30/h3-10,17H,11H2,1-2H3,(H,22,27)(H,23,28). The molecule has 3 aromatic rings. The highest BCUT2D eigenvalue weighted by Gasteiger charge is 2.36. The second-order valence-corrected chi connectivity index (χ2v) is 7.02. The molecule has 2 N–H and O–H groups in total. The number of para-hydroxylation sites is 2. The molecule has 1 aliphatic heterocycles. The minimum atomic E-state index is -0.865. The Labute approximate surface area is 177 Å². The molecule has 2 aromatic carbocycles. The number of nitrogens with one attached hydrogen (secondary N) is 2. The topological polar surface area (TPSA) is 128 Å². The zero-order valence-corrected chi connectivity index (χ0v) is 16.8. The van der Waals surface area contributed by atoms with E-state index in [1.54, 1.807) is 13.2 Å². The average molecular weight is 421 g/mol. The number of carbonyl (C=O) groups excluding carboxylic acids is 2. The maximum Gasteiger partial charge on any atom is 0.292 e. The summed E-state index contributed by atoms with van der Waals surface area (Å²) < 4.78 is 6.77. The Bertz CT molecular complexity index is 1200. The van der Waals surface area contributed by atoms with Crippen LogP contribution in [0.1, 0.15) is 18.2 Å². The minimum Gasteiger partial charge on any atom is -0.497 e. The molecule has 1 atom stereocenters. The van der Waals surface area contributed by atoms with E-state index < -0.39 is 16.9 Å². The molecule has 31 heavy (non-hydrogen) atoms. The van der Waals surface area contributed by atoms with Gasteiger partial charge in [-0.3, -0.25) is 19.7 Å². The van der Waals surface area contributed by atoms with Crippen molar-refractivity contribution in [3.63, 3.8) is 0 Å². The number of hydrogen-bond donors (Lipinski definition) is 2. The van der Waals surface area contributed by atoms with Gasteiger partial charge in [-0.2, -0.15) is 5.10 Å². The maximum atomic E-state index is 12.6. The summed E-state index contributed by atoms with van der Waals surface area (Å²) in [7, 11) is 1.57. The van der Waals surface area contributed by atoms with Gasteiger partial charge in [-0.15, -0.1) is 0 Å². The number of aromatic nitrogens is 2. The number of fused-ring (bicyclic) bond motifs is 1. The SMILES string of the molecule is COc1cccc(-c2c(C)nn3c2NC(=O)C3CC(=O)Nc2ccccc2[N+](=O)[O-])c1. The van der Waals surface area contributed by atoms with E-state index in [9.17, 15) is 19.7 Å². The number of aryl methyl sites for hydroxylation is 1. The number of benzene rings is 2. The zero-order chi connectivity index (χ0) is 22.1. The number of carbonyl (C=O) groups is 2. The highest BCUT2D eigenvalue weighted by molar-refractivity contribution is 6.04. The molecule has 0 saturated heterocycles. The Hall–Kier alpha value is -4.21. The van der Waals surface area contributed by atoms with Gasteiger partial charge in [-0.05, 0) is 30.7 Å². The molecule has 0 fully saturated rings. The zero-order valence-electron chi connectivity index (χ0n) is 16.8. The molecule has 10 nitrogen and oxygen atoms in total. The van der Waals surface area contributed by atoms with Crippen LogP contribution in [0.4, 0.5) is 17.2 Å². The van der Waals surface area contributed by atoms with Crippen molar-refractivity contribution in [1.82, 2.24) is 9.78 Å². The van der Waals surface area contributed by atoms with Crippen molar-refractivity contribution < 1.29 is 19.2 Å². The molecule has 1 unspecified atom stereocenters. The van der Waals surface area contributed by atoms with Gasteiger partial charge in [0.05, 0.1) is 24.1 Å². The fraction of sp³-hybridized carbons (Fsp3) is 0.190. The van der Waals surface area contributed by atoms with Crippen LogP contribution in [0.2, 0.25) is 0 Å². The van der Waals surface area contributed by atoms with Crippen molar-refractivity contribution in [2.45, 2.75) is 19.4 Å². The van der Waals surface area contributed by atoms with Gasteiger partial charge in [0.1, 0.15) is 23.3 Å². The number of ether oxygens (including phenoxy) is 1. The number of nitro benzene ring substituents is 1. The van der Waals surface area contributed by atoms with E-state index in [-0.39, 0.29) is 23.7 Å². The molecule has 0 radical (unpaired) electrons. The lowest BCUT2D eigenvalue weighted by Crippen LogP contribution is -2.24. The van der Waals surface area contributed by atoms with E-state index in [0.717, 1.165) is 11.1 Å². The summed E-state index contributed by atoms with van der Waals surface area (Å²) in [6.07, 6.45) is -0.219. The fourth-order valence-corrected chi connectivity index (χ4v) is 3.62. The largest absolute Gasteiger partial charge is 0.497 e. The van der Waals surface area contributed by atoms with Crippen LogP contribution < -0.4 is 15.4 Å². The smallest absolute Gasteiger partial charge is 0.292 e. The molecular formula is C21H19N5O5. The molecule has 4 rings (SSSR count). The normalized spacial score (nSPS) is 14.6. The Kier molecular flexibility index (Phi) is 5.12. The summed E-state index contributed by atoms with van der Waals surface area (Å²) in [5, 5.41) is 20.9.